The van der Waals surface area contributed by atoms with Gasteiger partial charge in [-0.05, 0) is 55.4 Å². The van der Waals surface area contributed by atoms with Gasteiger partial charge in [-0.2, -0.15) is 0 Å². The molecule has 0 spiro atoms. The Morgan fingerprint density at radius 2 is 1.63 bits per heavy atom. The SMILES string of the molecule is CC.CC(C)C(=O)C(NC(=O)c1cc(C2CCCN(C(=O)CNCc3ccc(F)cc3F)C2)ccc1F)C1CCCCC1. The molecule has 2 N–H and O–H groups in total. The third kappa shape index (κ3) is 9.39. The zero-order valence-electron chi connectivity index (χ0n) is 25.9. The number of rotatable bonds is 10. The standard InChI is InChI=1S/C32H40F3N3O3.C2H6/c1-20(2)31(40)30(21-7-4-3-5-8-21)37-32(41)26-15-22(11-13-27(26)34)24-9-6-14-38(19-24)29(39)18-36-17-23-10-12-25(33)16-28(23)35;1-2/h10-13,15-16,20-21,24,30,36H,3-9,14,17-19H2,1-2H3,(H,37,41);1-2H3. The highest BCUT2D eigenvalue weighted by atomic mass is 19.1. The van der Waals surface area contributed by atoms with Crippen LogP contribution in [0.25, 0.3) is 0 Å². The summed E-state index contributed by atoms with van der Waals surface area (Å²) in [6.07, 6.45) is 6.41. The third-order valence-electron chi connectivity index (χ3n) is 8.37. The van der Waals surface area contributed by atoms with Gasteiger partial charge in [0.25, 0.3) is 5.91 Å². The monoisotopic (exact) mass is 601 g/mol. The number of ketones is 1. The summed E-state index contributed by atoms with van der Waals surface area (Å²) in [6, 6.07) is 7.18. The first kappa shape index (κ1) is 34.3. The van der Waals surface area contributed by atoms with E-state index in [9.17, 15) is 27.6 Å². The molecule has 2 aromatic carbocycles. The van der Waals surface area contributed by atoms with Crippen LogP contribution in [-0.4, -0.2) is 48.2 Å². The molecule has 2 unspecified atom stereocenters. The van der Waals surface area contributed by atoms with Crippen LogP contribution in [-0.2, 0) is 16.1 Å². The molecule has 2 aromatic rings. The molecule has 2 aliphatic rings. The number of Topliss-reactive ketones (excluding diaryl/α,β-unsaturated/α-hetero) is 1. The maximum Gasteiger partial charge on any atom is 0.254 e. The number of hydrogen-bond donors (Lipinski definition) is 2. The molecular formula is C34H46F3N3O3. The molecule has 1 aliphatic heterocycles. The van der Waals surface area contributed by atoms with Crippen molar-refractivity contribution in [2.24, 2.45) is 11.8 Å². The van der Waals surface area contributed by atoms with E-state index < -0.39 is 29.4 Å². The average Bonchev–Trinajstić information content (AvgIpc) is 3.02. The minimum atomic E-state index is -0.669. The predicted octanol–water partition coefficient (Wildman–Crippen LogP) is 6.53. The van der Waals surface area contributed by atoms with Gasteiger partial charge in [0.05, 0.1) is 18.2 Å². The van der Waals surface area contributed by atoms with Gasteiger partial charge in [-0.1, -0.05) is 59.1 Å². The molecule has 2 amide bonds. The van der Waals surface area contributed by atoms with E-state index in [2.05, 4.69) is 10.6 Å². The quantitative estimate of drug-likeness (QED) is 0.325. The van der Waals surface area contributed by atoms with Crippen molar-refractivity contribution in [1.29, 1.82) is 0 Å². The van der Waals surface area contributed by atoms with Crippen LogP contribution in [0.15, 0.2) is 36.4 Å². The maximum atomic E-state index is 14.9. The molecule has 0 bridgehead atoms. The fourth-order valence-electron chi connectivity index (χ4n) is 5.99. The lowest BCUT2D eigenvalue weighted by Gasteiger charge is -2.33. The van der Waals surface area contributed by atoms with Crippen molar-refractivity contribution >= 4 is 17.6 Å². The topological polar surface area (TPSA) is 78.5 Å². The molecule has 4 rings (SSSR count). The van der Waals surface area contributed by atoms with Crippen molar-refractivity contribution in [2.45, 2.75) is 91.1 Å². The highest BCUT2D eigenvalue weighted by molar-refractivity contribution is 5.98. The van der Waals surface area contributed by atoms with Crippen LogP contribution >= 0.6 is 0 Å². The van der Waals surface area contributed by atoms with Crippen molar-refractivity contribution in [1.82, 2.24) is 15.5 Å². The minimum absolute atomic E-state index is 0.00690. The average molecular weight is 602 g/mol. The van der Waals surface area contributed by atoms with Crippen LogP contribution in [0.2, 0.25) is 0 Å². The van der Waals surface area contributed by atoms with Crippen molar-refractivity contribution in [2.75, 3.05) is 19.6 Å². The van der Waals surface area contributed by atoms with Crippen molar-refractivity contribution in [3.8, 4) is 0 Å². The molecule has 43 heavy (non-hydrogen) atoms. The number of benzene rings is 2. The minimum Gasteiger partial charge on any atom is -0.342 e. The Bertz CT molecular complexity index is 1250. The molecular weight excluding hydrogens is 555 g/mol. The largest absolute Gasteiger partial charge is 0.342 e. The van der Waals surface area contributed by atoms with E-state index >= 15 is 0 Å². The zero-order valence-corrected chi connectivity index (χ0v) is 25.9. The Morgan fingerprint density at radius 3 is 2.30 bits per heavy atom. The van der Waals surface area contributed by atoms with Gasteiger partial charge >= 0.3 is 0 Å². The van der Waals surface area contributed by atoms with Crippen LogP contribution in [0, 0.1) is 29.3 Å². The van der Waals surface area contributed by atoms with Crippen LogP contribution < -0.4 is 10.6 Å². The molecule has 2 fully saturated rings. The summed E-state index contributed by atoms with van der Waals surface area (Å²) in [7, 11) is 0. The predicted molar refractivity (Wildman–Crippen MR) is 162 cm³/mol. The second kappa shape index (κ2) is 16.6. The molecule has 236 valence electrons. The van der Waals surface area contributed by atoms with Crippen LogP contribution in [0.3, 0.4) is 0 Å². The highest BCUT2D eigenvalue weighted by Gasteiger charge is 2.33. The van der Waals surface area contributed by atoms with Gasteiger partial charge in [-0.15, -0.1) is 0 Å². The number of nitrogens with one attached hydrogen (secondary N) is 2. The molecule has 0 aromatic heterocycles. The number of hydrogen-bond acceptors (Lipinski definition) is 4. The van der Waals surface area contributed by atoms with Crippen molar-refractivity contribution in [3.05, 3.63) is 70.5 Å². The lowest BCUT2D eigenvalue weighted by atomic mass is 9.80. The van der Waals surface area contributed by atoms with Crippen molar-refractivity contribution < 1.29 is 27.6 Å². The first-order chi connectivity index (χ1) is 20.6. The summed E-state index contributed by atoms with van der Waals surface area (Å²) in [4.78, 5) is 40.9. The van der Waals surface area contributed by atoms with Gasteiger partial charge in [-0.25, -0.2) is 13.2 Å². The highest BCUT2D eigenvalue weighted by Crippen LogP contribution is 2.30. The van der Waals surface area contributed by atoms with Crippen LogP contribution in [0.5, 0.6) is 0 Å². The normalized spacial score (nSPS) is 18.0. The van der Waals surface area contributed by atoms with Gasteiger partial charge in [0.15, 0.2) is 5.78 Å². The first-order valence-electron chi connectivity index (χ1n) is 15.7. The molecule has 1 saturated heterocycles. The number of carbonyl (C=O) groups excluding carboxylic acids is 3. The van der Waals surface area contributed by atoms with E-state index in [4.69, 9.17) is 0 Å². The fourth-order valence-corrected chi connectivity index (χ4v) is 5.99. The van der Waals surface area contributed by atoms with Crippen LogP contribution in [0.4, 0.5) is 13.2 Å². The number of halogens is 3. The van der Waals surface area contributed by atoms with E-state index in [0.29, 0.717) is 13.1 Å². The summed E-state index contributed by atoms with van der Waals surface area (Å²) in [5, 5.41) is 5.80. The summed E-state index contributed by atoms with van der Waals surface area (Å²) >= 11 is 0. The molecule has 0 radical (unpaired) electrons. The Morgan fingerprint density at radius 1 is 0.907 bits per heavy atom. The van der Waals surface area contributed by atoms with Crippen LogP contribution in [0.1, 0.15) is 100 Å². The van der Waals surface area contributed by atoms with Crippen molar-refractivity contribution in [3.63, 3.8) is 0 Å². The number of carbonyl (C=O) groups is 3. The van der Waals surface area contributed by atoms with Gasteiger partial charge in [0.2, 0.25) is 5.91 Å². The maximum absolute atomic E-state index is 14.9. The smallest absolute Gasteiger partial charge is 0.254 e. The van der Waals surface area contributed by atoms with E-state index in [0.717, 1.165) is 56.6 Å². The van der Waals surface area contributed by atoms with Gasteiger partial charge < -0.3 is 15.5 Å². The Hall–Kier alpha value is -3.20. The number of likely N-dealkylation sites (tertiary alicyclic amines) is 1. The number of nitrogens with zero attached hydrogens (tertiary/aromatic N) is 1. The molecule has 1 heterocycles. The zero-order chi connectivity index (χ0) is 31.5. The molecule has 1 aliphatic carbocycles. The fraction of sp³-hybridized carbons (Fsp3) is 0.559. The van der Waals surface area contributed by atoms with E-state index in [1.54, 1.807) is 17.0 Å². The van der Waals surface area contributed by atoms with Gasteiger partial charge in [0.1, 0.15) is 17.5 Å². The van der Waals surface area contributed by atoms with Gasteiger partial charge in [0, 0.05) is 43.1 Å². The van der Waals surface area contributed by atoms with E-state index in [1.165, 1.54) is 18.2 Å². The summed E-state index contributed by atoms with van der Waals surface area (Å²) in [5.41, 5.74) is 0.944. The lowest BCUT2D eigenvalue weighted by Crippen LogP contribution is -2.48. The summed E-state index contributed by atoms with van der Waals surface area (Å²) in [5.74, 6) is -3.01. The number of amides is 2. The molecule has 1 saturated carbocycles. The summed E-state index contributed by atoms with van der Waals surface area (Å²) < 4.78 is 41.9. The third-order valence-corrected chi connectivity index (χ3v) is 8.37. The molecule has 2 atom stereocenters. The molecule has 9 heteroatoms. The molecule has 6 nitrogen and oxygen atoms in total. The van der Waals surface area contributed by atoms with Gasteiger partial charge in [-0.3, -0.25) is 14.4 Å². The van der Waals surface area contributed by atoms with E-state index in [1.807, 2.05) is 27.7 Å². The Balaban J connectivity index is 0.00000248. The van der Waals surface area contributed by atoms with E-state index in [-0.39, 0.29) is 53.7 Å². The Labute approximate surface area is 253 Å². The number of piperidine rings is 1. The first-order valence-corrected chi connectivity index (χ1v) is 15.7. The second-order valence-electron chi connectivity index (χ2n) is 11.7. The second-order valence-corrected chi connectivity index (χ2v) is 11.7. The Kier molecular flexibility index (Phi) is 13.2. The summed E-state index contributed by atoms with van der Waals surface area (Å²) in [6.45, 7) is 8.70. The lowest BCUT2D eigenvalue weighted by molar-refractivity contribution is -0.131.